The number of aliphatic carboxylic acids is 1. The molecule has 0 radical (unpaired) electrons. The zero-order valence-corrected chi connectivity index (χ0v) is 8.83. The van der Waals surface area contributed by atoms with E-state index in [1.54, 1.807) is 28.8 Å². The second-order valence-corrected chi connectivity index (χ2v) is 3.39. The molecule has 2 aromatic rings. The second kappa shape index (κ2) is 4.60. The van der Waals surface area contributed by atoms with E-state index in [2.05, 4.69) is 15.5 Å². The molecule has 0 saturated carbocycles. The molecule has 2 N–H and O–H groups in total. The summed E-state index contributed by atoms with van der Waals surface area (Å²) in [7, 11) is 0. The Morgan fingerprint density at radius 2 is 2.12 bits per heavy atom. The number of hydrogen-bond donors (Lipinski definition) is 2. The molecule has 7 heteroatoms. The zero-order chi connectivity index (χ0) is 12.3. The molecule has 0 unspecified atom stereocenters. The summed E-state index contributed by atoms with van der Waals surface area (Å²) in [6.45, 7) is 0. The number of hydrogen-bond acceptors (Lipinski definition) is 4. The number of rotatable bonds is 4. The molecule has 0 bridgehead atoms. The highest BCUT2D eigenvalue weighted by Gasteiger charge is 2.09. The van der Waals surface area contributed by atoms with Gasteiger partial charge in [-0.3, -0.25) is 19.3 Å². The molecule has 7 nitrogen and oxygen atoms in total. The predicted molar refractivity (Wildman–Crippen MR) is 58.5 cm³/mol. The first kappa shape index (κ1) is 11.1. The molecule has 0 fully saturated rings. The molecule has 0 aliphatic carbocycles. The number of aromatic nitrogens is 3. The van der Waals surface area contributed by atoms with Gasteiger partial charge in [0.2, 0.25) is 11.9 Å². The summed E-state index contributed by atoms with van der Waals surface area (Å²) in [4.78, 5) is 21.7. The average molecular weight is 234 g/mol. The Labute approximate surface area is 96.1 Å². The summed E-state index contributed by atoms with van der Waals surface area (Å²) in [6, 6.07) is 5.34. The van der Waals surface area contributed by atoms with Crippen LogP contribution in [-0.4, -0.2) is 31.6 Å². The van der Waals surface area contributed by atoms with Gasteiger partial charge < -0.3 is 5.11 Å². The molecular formula is C10H10N4O3. The van der Waals surface area contributed by atoms with Crippen molar-refractivity contribution in [3.05, 3.63) is 24.4 Å². The average Bonchev–Trinajstić information content (AvgIpc) is 2.70. The number of anilines is 1. The van der Waals surface area contributed by atoms with Crippen molar-refractivity contribution in [2.75, 3.05) is 5.32 Å². The van der Waals surface area contributed by atoms with Crippen molar-refractivity contribution in [2.45, 2.75) is 12.8 Å². The van der Waals surface area contributed by atoms with Crippen LogP contribution in [0, 0.1) is 0 Å². The summed E-state index contributed by atoms with van der Waals surface area (Å²) < 4.78 is 1.61. The molecule has 0 spiro atoms. The van der Waals surface area contributed by atoms with Crippen LogP contribution in [0.25, 0.3) is 5.65 Å². The first-order valence-corrected chi connectivity index (χ1v) is 4.98. The number of pyridine rings is 1. The van der Waals surface area contributed by atoms with Crippen LogP contribution in [0.3, 0.4) is 0 Å². The van der Waals surface area contributed by atoms with Crippen LogP contribution < -0.4 is 5.32 Å². The molecule has 2 heterocycles. The summed E-state index contributed by atoms with van der Waals surface area (Å²) in [5.41, 5.74) is 0.612. The molecule has 1 amide bonds. The van der Waals surface area contributed by atoms with E-state index in [0.29, 0.717) is 5.65 Å². The van der Waals surface area contributed by atoms with E-state index < -0.39 is 11.9 Å². The summed E-state index contributed by atoms with van der Waals surface area (Å²) in [5, 5.41) is 18.6. The fraction of sp³-hybridized carbons (Fsp3) is 0.200. The fourth-order valence-electron chi connectivity index (χ4n) is 1.33. The minimum atomic E-state index is -1.01. The second-order valence-electron chi connectivity index (χ2n) is 3.39. The maximum absolute atomic E-state index is 11.4. The Kier molecular flexibility index (Phi) is 2.99. The first-order chi connectivity index (χ1) is 8.16. The fourth-order valence-corrected chi connectivity index (χ4v) is 1.33. The van der Waals surface area contributed by atoms with Gasteiger partial charge in [0.05, 0.1) is 6.42 Å². The number of carboxylic acids is 1. The zero-order valence-electron chi connectivity index (χ0n) is 8.83. The molecule has 0 atom stereocenters. The third-order valence-corrected chi connectivity index (χ3v) is 2.13. The number of amides is 1. The van der Waals surface area contributed by atoms with Crippen LogP contribution >= 0.6 is 0 Å². The molecule has 0 aliphatic heterocycles. The molecule has 88 valence electrons. The predicted octanol–water partition coefficient (Wildman–Crippen LogP) is 0.533. The number of carbonyl (C=O) groups excluding carboxylic acids is 1. The van der Waals surface area contributed by atoms with Gasteiger partial charge in [-0.25, -0.2) is 0 Å². The Balaban J connectivity index is 2.08. The minimum absolute atomic E-state index is 0.0862. The van der Waals surface area contributed by atoms with E-state index in [-0.39, 0.29) is 18.8 Å². The van der Waals surface area contributed by atoms with Gasteiger partial charge in [-0.2, -0.15) is 0 Å². The highest BCUT2D eigenvalue weighted by atomic mass is 16.4. The number of carboxylic acid groups (broad SMARTS) is 1. The van der Waals surface area contributed by atoms with Gasteiger partial charge in [0.25, 0.3) is 0 Å². The van der Waals surface area contributed by atoms with Crippen molar-refractivity contribution in [1.82, 2.24) is 14.6 Å². The van der Waals surface area contributed by atoms with Crippen LogP contribution in [-0.2, 0) is 9.59 Å². The highest BCUT2D eigenvalue weighted by molar-refractivity contribution is 5.91. The van der Waals surface area contributed by atoms with Crippen LogP contribution in [0.2, 0.25) is 0 Å². The van der Waals surface area contributed by atoms with Gasteiger partial charge >= 0.3 is 5.97 Å². The largest absolute Gasteiger partial charge is 0.481 e. The molecular weight excluding hydrogens is 224 g/mol. The smallest absolute Gasteiger partial charge is 0.303 e. The monoisotopic (exact) mass is 234 g/mol. The van der Waals surface area contributed by atoms with Crippen molar-refractivity contribution in [3.63, 3.8) is 0 Å². The summed E-state index contributed by atoms with van der Waals surface area (Å²) >= 11 is 0. The Morgan fingerprint density at radius 1 is 1.29 bits per heavy atom. The van der Waals surface area contributed by atoms with Gasteiger partial charge in [0.1, 0.15) is 0 Å². The topological polar surface area (TPSA) is 96.6 Å². The van der Waals surface area contributed by atoms with Crippen molar-refractivity contribution in [1.29, 1.82) is 0 Å². The van der Waals surface area contributed by atoms with Crippen LogP contribution in [0.5, 0.6) is 0 Å². The lowest BCUT2D eigenvalue weighted by atomic mass is 10.3. The molecule has 0 saturated heterocycles. The lowest BCUT2D eigenvalue weighted by Crippen LogP contribution is -2.15. The third kappa shape index (κ3) is 2.57. The van der Waals surface area contributed by atoms with Crippen LogP contribution in [0.1, 0.15) is 12.8 Å². The van der Waals surface area contributed by atoms with Crippen LogP contribution in [0.15, 0.2) is 24.4 Å². The van der Waals surface area contributed by atoms with E-state index >= 15 is 0 Å². The summed E-state index contributed by atoms with van der Waals surface area (Å²) in [5.74, 6) is -1.12. The quantitative estimate of drug-likeness (QED) is 0.804. The van der Waals surface area contributed by atoms with Crippen molar-refractivity contribution >= 4 is 23.5 Å². The van der Waals surface area contributed by atoms with E-state index in [1.165, 1.54) is 0 Å². The van der Waals surface area contributed by atoms with Crippen molar-refractivity contribution in [2.24, 2.45) is 0 Å². The van der Waals surface area contributed by atoms with Gasteiger partial charge in [0, 0.05) is 12.6 Å². The Bertz CT molecular complexity index is 563. The van der Waals surface area contributed by atoms with Crippen molar-refractivity contribution < 1.29 is 14.7 Å². The minimum Gasteiger partial charge on any atom is -0.481 e. The number of fused-ring (bicyclic) bond motifs is 1. The number of nitrogens with zero attached hydrogens (tertiary/aromatic N) is 3. The van der Waals surface area contributed by atoms with Crippen molar-refractivity contribution in [3.8, 4) is 0 Å². The standard InChI is InChI=1S/C10H10N4O3/c15-8(4-5-9(16)17)11-10-13-12-7-3-1-2-6-14(7)10/h1-3,6H,4-5H2,(H,16,17)(H,11,13,15). The maximum atomic E-state index is 11.4. The van der Waals surface area contributed by atoms with E-state index in [9.17, 15) is 9.59 Å². The third-order valence-electron chi connectivity index (χ3n) is 2.13. The van der Waals surface area contributed by atoms with Crippen LogP contribution in [0.4, 0.5) is 5.95 Å². The molecule has 0 aliphatic rings. The lowest BCUT2D eigenvalue weighted by Gasteiger charge is -2.01. The Hall–Kier alpha value is -2.44. The van der Waals surface area contributed by atoms with Gasteiger partial charge in [-0.1, -0.05) is 6.07 Å². The lowest BCUT2D eigenvalue weighted by molar-refractivity contribution is -0.138. The first-order valence-electron chi connectivity index (χ1n) is 4.98. The van der Waals surface area contributed by atoms with E-state index in [0.717, 1.165) is 0 Å². The van der Waals surface area contributed by atoms with E-state index in [1.807, 2.05) is 0 Å². The molecule has 17 heavy (non-hydrogen) atoms. The highest BCUT2D eigenvalue weighted by Crippen LogP contribution is 2.07. The maximum Gasteiger partial charge on any atom is 0.303 e. The normalized spacial score (nSPS) is 10.4. The van der Waals surface area contributed by atoms with E-state index in [4.69, 9.17) is 5.11 Å². The van der Waals surface area contributed by atoms with Gasteiger partial charge in [-0.15, -0.1) is 10.2 Å². The van der Waals surface area contributed by atoms with Gasteiger partial charge in [0.15, 0.2) is 5.65 Å². The number of nitrogens with one attached hydrogen (secondary N) is 1. The van der Waals surface area contributed by atoms with Gasteiger partial charge in [-0.05, 0) is 12.1 Å². The Morgan fingerprint density at radius 3 is 2.88 bits per heavy atom. The molecule has 2 rings (SSSR count). The number of carbonyl (C=O) groups is 2. The SMILES string of the molecule is O=C(O)CCC(=O)Nc1nnc2ccccn12. The summed E-state index contributed by atoms with van der Waals surface area (Å²) in [6.07, 6.45) is 1.42. The molecule has 2 aromatic heterocycles. The molecule has 0 aromatic carbocycles.